The SMILES string of the molecule is COC(=O)N[C@H](C(=O)N1CCC[C@H]1c1ncc(-c2ccc(-c3ccc(-c4ccc5c(c4)NC([C@@H]4CCCN4C(=O)[C@@H](NC(=O)OC)c4ccccc4)N5)c4c3C3CCC4C3)c3c2C2CCC3C2)[nH]1)c1ccccc1. The predicted octanol–water partition coefficient (Wildman–Crippen LogP) is 11.2. The summed E-state index contributed by atoms with van der Waals surface area (Å²) in [6.07, 6.45) is 11.0. The molecule has 9 atom stereocenters. The Labute approximate surface area is 431 Å². The minimum absolute atomic E-state index is 0.119. The summed E-state index contributed by atoms with van der Waals surface area (Å²) in [5.41, 5.74) is 17.0. The average molecular weight is 991 g/mol. The highest BCUT2D eigenvalue weighted by atomic mass is 16.5. The lowest BCUT2D eigenvalue weighted by Gasteiger charge is -2.32. The summed E-state index contributed by atoms with van der Waals surface area (Å²) in [5.74, 6) is 2.52. The Hall–Kier alpha value is -7.61. The van der Waals surface area contributed by atoms with Crippen LogP contribution < -0.4 is 21.3 Å². The van der Waals surface area contributed by atoms with Gasteiger partial charge in [0.1, 0.15) is 24.1 Å². The van der Waals surface area contributed by atoms with E-state index in [1.807, 2.05) is 76.7 Å². The van der Waals surface area contributed by atoms with Crippen LogP contribution in [0.3, 0.4) is 0 Å². The quantitative estimate of drug-likeness (QED) is 0.0848. The molecule has 378 valence electrons. The third kappa shape index (κ3) is 7.78. The molecule has 14 nitrogen and oxygen atoms in total. The van der Waals surface area contributed by atoms with E-state index in [1.165, 1.54) is 97.3 Å². The summed E-state index contributed by atoms with van der Waals surface area (Å²) in [4.78, 5) is 66.0. The van der Waals surface area contributed by atoms with Crippen LogP contribution in [-0.4, -0.2) is 83.3 Å². The lowest BCUT2D eigenvalue weighted by Crippen LogP contribution is -2.51. The topological polar surface area (TPSA) is 170 Å². The zero-order valence-electron chi connectivity index (χ0n) is 41.9. The molecule has 14 heteroatoms. The van der Waals surface area contributed by atoms with Gasteiger partial charge in [-0.3, -0.25) is 9.59 Å². The Balaban J connectivity index is 0.781. The Bertz CT molecular complexity index is 3200. The average Bonchev–Trinajstić information content (AvgIpc) is 4.32. The molecule has 4 fully saturated rings. The molecule has 0 spiro atoms. The van der Waals surface area contributed by atoms with Crippen molar-refractivity contribution in [2.45, 2.75) is 118 Å². The second kappa shape index (κ2) is 18.7. The molecule has 0 radical (unpaired) electrons. The molecule has 1 aromatic heterocycles. The van der Waals surface area contributed by atoms with E-state index in [1.54, 1.807) is 5.56 Å². The number of carbonyl (C=O) groups excluding carboxylic acids is 4. The number of nitrogens with one attached hydrogen (secondary N) is 5. The van der Waals surface area contributed by atoms with Gasteiger partial charge in [0, 0.05) is 18.7 Å². The Morgan fingerprint density at radius 3 is 1.70 bits per heavy atom. The number of fused-ring (bicyclic) bond motifs is 11. The fourth-order valence-electron chi connectivity index (χ4n) is 14.4. The summed E-state index contributed by atoms with van der Waals surface area (Å²) < 4.78 is 9.86. The number of carbonyl (C=O) groups is 4. The van der Waals surface area contributed by atoms with Gasteiger partial charge in [0.15, 0.2) is 0 Å². The van der Waals surface area contributed by atoms with Gasteiger partial charge in [-0.2, -0.15) is 0 Å². The summed E-state index contributed by atoms with van der Waals surface area (Å²) in [6.45, 7) is 1.18. The van der Waals surface area contributed by atoms with Crippen molar-refractivity contribution in [3.63, 3.8) is 0 Å². The molecule has 5 unspecified atom stereocenters. The number of hydrogen-bond acceptors (Lipinski definition) is 9. The van der Waals surface area contributed by atoms with E-state index >= 15 is 0 Å². The number of nitrogens with zero attached hydrogens (tertiary/aromatic N) is 3. The minimum atomic E-state index is -0.876. The summed E-state index contributed by atoms with van der Waals surface area (Å²) >= 11 is 0. The van der Waals surface area contributed by atoms with Gasteiger partial charge in [-0.1, -0.05) is 91.0 Å². The van der Waals surface area contributed by atoms with Gasteiger partial charge in [-0.05, 0) is 156 Å². The number of likely N-dealkylation sites (tertiary alicyclic amines) is 2. The van der Waals surface area contributed by atoms with Crippen LogP contribution in [0.5, 0.6) is 0 Å². The number of amides is 4. The number of imidazole rings is 1. The Morgan fingerprint density at radius 1 is 0.581 bits per heavy atom. The molecule has 4 heterocycles. The fraction of sp³-hybridized carbons (Fsp3) is 0.383. The Kier molecular flexibility index (Phi) is 11.7. The van der Waals surface area contributed by atoms with E-state index in [9.17, 15) is 19.2 Å². The number of alkyl carbamates (subject to hydrolysis) is 2. The monoisotopic (exact) mass is 990 g/mol. The van der Waals surface area contributed by atoms with Gasteiger partial charge < -0.3 is 45.5 Å². The van der Waals surface area contributed by atoms with Crippen LogP contribution in [0.4, 0.5) is 21.0 Å². The molecular formula is C60H62N8O6. The van der Waals surface area contributed by atoms with Gasteiger partial charge in [0.05, 0.1) is 49.6 Å². The largest absolute Gasteiger partial charge is 0.453 e. The molecule has 5 N–H and O–H groups in total. The number of aromatic nitrogens is 2. The molecule has 4 bridgehead atoms. The highest BCUT2D eigenvalue weighted by Gasteiger charge is 2.46. The number of aromatic amines is 1. The number of methoxy groups -OCH3 is 2. The second-order valence-corrected chi connectivity index (χ2v) is 21.5. The molecule has 2 saturated heterocycles. The van der Waals surface area contributed by atoms with Gasteiger partial charge >= 0.3 is 12.2 Å². The van der Waals surface area contributed by atoms with Crippen molar-refractivity contribution in [3.05, 3.63) is 149 Å². The van der Waals surface area contributed by atoms with E-state index in [-0.39, 0.29) is 30.1 Å². The maximum atomic E-state index is 14.3. The highest BCUT2D eigenvalue weighted by molar-refractivity contribution is 5.90. The first-order valence-corrected chi connectivity index (χ1v) is 26.7. The van der Waals surface area contributed by atoms with Crippen molar-refractivity contribution in [1.29, 1.82) is 0 Å². The normalized spacial score (nSPS) is 24.4. The summed E-state index contributed by atoms with van der Waals surface area (Å²) in [7, 11) is 2.62. The molecule has 74 heavy (non-hydrogen) atoms. The molecule has 5 aromatic carbocycles. The number of ether oxygens (including phenoxy) is 2. The molecule has 6 aromatic rings. The first-order chi connectivity index (χ1) is 36.2. The van der Waals surface area contributed by atoms with Crippen molar-refractivity contribution in [3.8, 4) is 33.5 Å². The number of benzene rings is 5. The van der Waals surface area contributed by atoms with Crippen LogP contribution in [0.15, 0.2) is 109 Å². The van der Waals surface area contributed by atoms with E-state index in [0.29, 0.717) is 47.9 Å². The number of hydrogen-bond donors (Lipinski definition) is 5. The minimum Gasteiger partial charge on any atom is -0.453 e. The zero-order chi connectivity index (χ0) is 50.2. The zero-order valence-corrected chi connectivity index (χ0v) is 41.9. The summed E-state index contributed by atoms with van der Waals surface area (Å²) in [5, 5.41) is 13.1. The molecule has 7 aliphatic rings. The van der Waals surface area contributed by atoms with Crippen LogP contribution in [0.2, 0.25) is 0 Å². The second-order valence-electron chi connectivity index (χ2n) is 21.5. The van der Waals surface area contributed by atoms with Crippen molar-refractivity contribution >= 4 is 35.4 Å². The van der Waals surface area contributed by atoms with Gasteiger partial charge in [-0.15, -0.1) is 0 Å². The smallest absolute Gasteiger partial charge is 0.407 e. The lowest BCUT2D eigenvalue weighted by atomic mass is 9.77. The molecule has 2 saturated carbocycles. The van der Waals surface area contributed by atoms with Crippen LogP contribution in [0.25, 0.3) is 33.5 Å². The maximum Gasteiger partial charge on any atom is 0.407 e. The number of H-pyrrole nitrogens is 1. The molecular weight excluding hydrogens is 929 g/mol. The third-order valence-electron chi connectivity index (χ3n) is 17.7. The van der Waals surface area contributed by atoms with Crippen molar-refractivity contribution in [2.75, 3.05) is 37.9 Å². The molecule has 4 amide bonds. The van der Waals surface area contributed by atoms with Crippen LogP contribution in [-0.2, 0) is 19.1 Å². The van der Waals surface area contributed by atoms with Crippen molar-refractivity contribution in [2.24, 2.45) is 0 Å². The van der Waals surface area contributed by atoms with E-state index in [4.69, 9.17) is 14.5 Å². The molecule has 13 rings (SSSR count). The lowest BCUT2D eigenvalue weighted by molar-refractivity contribution is -0.135. The van der Waals surface area contributed by atoms with Crippen molar-refractivity contribution in [1.82, 2.24) is 30.4 Å². The van der Waals surface area contributed by atoms with Gasteiger partial charge in [-0.25, -0.2) is 14.6 Å². The predicted molar refractivity (Wildman–Crippen MR) is 282 cm³/mol. The van der Waals surface area contributed by atoms with Crippen LogP contribution in [0, 0.1) is 0 Å². The van der Waals surface area contributed by atoms with Crippen LogP contribution >= 0.6 is 0 Å². The maximum absolute atomic E-state index is 14.3. The van der Waals surface area contributed by atoms with E-state index in [0.717, 1.165) is 48.6 Å². The third-order valence-corrected chi connectivity index (χ3v) is 17.7. The van der Waals surface area contributed by atoms with Crippen molar-refractivity contribution < 1.29 is 28.7 Å². The Morgan fingerprint density at radius 2 is 1.09 bits per heavy atom. The standard InChI is InChI=1S/C60H62N8O6/c1-73-59(71)65-53(33-11-5-3-6-12-33)57(69)67-27-9-15-47(67)55-61-32-46(64-55)43-25-24-42(51-38-19-20-39(30-38)52(43)51)41-23-22-40(49-36-17-18-37(29-36)50(41)49)35-21-26-44-45(31-35)63-56(62-44)48-16-10-28-68(48)58(70)54(66-60(72)74-2)34-13-7-4-8-14-34/h3-8,11-14,21-26,31-32,36-39,47-48,53-54,56,62-63H,9-10,15-20,27-30H2,1-2H3,(H,61,64)(H,65,71)(H,66,72)/t36?,37?,38?,39?,47-,48-,53-,54-,56?/m0/s1. The van der Waals surface area contributed by atoms with Gasteiger partial charge in [0.2, 0.25) is 5.91 Å². The summed E-state index contributed by atoms with van der Waals surface area (Å²) in [6, 6.07) is 32.9. The van der Waals surface area contributed by atoms with E-state index < -0.39 is 24.3 Å². The first kappa shape index (κ1) is 46.2. The van der Waals surface area contributed by atoms with Gasteiger partial charge in [0.25, 0.3) is 5.91 Å². The molecule has 4 aliphatic carbocycles. The highest BCUT2D eigenvalue weighted by Crippen LogP contribution is 2.62. The number of anilines is 2. The molecule has 3 aliphatic heterocycles. The van der Waals surface area contributed by atoms with Crippen LogP contribution in [0.1, 0.15) is 145 Å². The first-order valence-electron chi connectivity index (χ1n) is 26.7. The van der Waals surface area contributed by atoms with E-state index in [2.05, 4.69) is 68.7 Å². The fourth-order valence-corrected chi connectivity index (χ4v) is 14.4. The number of rotatable bonds is 11.